The maximum absolute atomic E-state index is 13.7. The van der Waals surface area contributed by atoms with Crippen molar-refractivity contribution in [2.75, 3.05) is 5.32 Å². The summed E-state index contributed by atoms with van der Waals surface area (Å²) < 4.78 is 52.1. The summed E-state index contributed by atoms with van der Waals surface area (Å²) in [5.41, 5.74) is 5.36. The molecule has 0 unspecified atom stereocenters. The third-order valence-electron chi connectivity index (χ3n) is 2.91. The molecule has 0 bridgehead atoms. The van der Waals surface area contributed by atoms with Gasteiger partial charge in [0.1, 0.15) is 11.6 Å². The van der Waals surface area contributed by atoms with E-state index in [-0.39, 0.29) is 24.5 Å². The van der Waals surface area contributed by atoms with Crippen molar-refractivity contribution in [1.82, 2.24) is 4.98 Å². The van der Waals surface area contributed by atoms with Crippen LogP contribution >= 0.6 is 0 Å². The Balaban J connectivity index is 2.17. The minimum Gasteiger partial charge on any atom is -0.365 e. The lowest BCUT2D eigenvalue weighted by molar-refractivity contribution is -0.137. The number of rotatable bonds is 4. The van der Waals surface area contributed by atoms with Crippen molar-refractivity contribution in [3.8, 4) is 0 Å². The summed E-state index contributed by atoms with van der Waals surface area (Å²) in [4.78, 5) is 3.65. The molecule has 3 nitrogen and oxygen atoms in total. The average Bonchev–Trinajstić information content (AvgIpc) is 2.45. The number of hydrogen-bond donors (Lipinski definition) is 2. The zero-order valence-electron chi connectivity index (χ0n) is 10.9. The van der Waals surface area contributed by atoms with E-state index in [0.29, 0.717) is 5.56 Å². The number of anilines is 1. The molecular weight excluding hydrogens is 286 g/mol. The molecule has 0 saturated heterocycles. The molecule has 2 rings (SSSR count). The first kappa shape index (κ1) is 15.2. The quantitative estimate of drug-likeness (QED) is 0.852. The standard InChI is InChI=1S/C14H13F4N3/c15-12-6-9(7-19)3-4-10(12)8-21-13-11(14(16,17)18)2-1-5-20-13/h1-6H,7-8,19H2,(H,20,21). The van der Waals surface area contributed by atoms with Crippen molar-refractivity contribution >= 4 is 5.82 Å². The molecule has 1 aromatic carbocycles. The molecule has 0 radical (unpaired) electrons. The summed E-state index contributed by atoms with van der Waals surface area (Å²) in [6.45, 7) is 0.0971. The highest BCUT2D eigenvalue weighted by Gasteiger charge is 2.34. The van der Waals surface area contributed by atoms with Gasteiger partial charge >= 0.3 is 6.18 Å². The first-order valence-electron chi connectivity index (χ1n) is 6.15. The van der Waals surface area contributed by atoms with Gasteiger partial charge in [0.05, 0.1) is 5.56 Å². The predicted octanol–water partition coefficient (Wildman–Crippen LogP) is 3.31. The van der Waals surface area contributed by atoms with Gasteiger partial charge in [-0.1, -0.05) is 12.1 Å². The summed E-state index contributed by atoms with van der Waals surface area (Å²) in [5, 5.41) is 2.51. The number of nitrogens with one attached hydrogen (secondary N) is 1. The van der Waals surface area contributed by atoms with Crippen LogP contribution < -0.4 is 11.1 Å². The normalized spacial score (nSPS) is 11.5. The average molecular weight is 299 g/mol. The third-order valence-corrected chi connectivity index (χ3v) is 2.91. The molecule has 0 amide bonds. The molecule has 21 heavy (non-hydrogen) atoms. The van der Waals surface area contributed by atoms with Gasteiger partial charge in [-0.05, 0) is 23.8 Å². The van der Waals surface area contributed by atoms with Gasteiger partial charge in [0.15, 0.2) is 0 Å². The molecule has 0 atom stereocenters. The number of pyridine rings is 1. The smallest absolute Gasteiger partial charge is 0.365 e. The van der Waals surface area contributed by atoms with Gasteiger partial charge in [0, 0.05) is 24.8 Å². The number of aromatic nitrogens is 1. The molecule has 3 N–H and O–H groups in total. The SMILES string of the molecule is NCc1ccc(CNc2ncccc2C(F)(F)F)c(F)c1. The Kier molecular flexibility index (Phi) is 4.42. The van der Waals surface area contributed by atoms with Crippen LogP contribution in [-0.2, 0) is 19.3 Å². The van der Waals surface area contributed by atoms with E-state index in [2.05, 4.69) is 10.3 Å². The van der Waals surface area contributed by atoms with E-state index >= 15 is 0 Å². The van der Waals surface area contributed by atoms with Gasteiger partial charge in [0.2, 0.25) is 0 Å². The van der Waals surface area contributed by atoms with Gasteiger partial charge in [-0.25, -0.2) is 9.37 Å². The molecule has 0 aliphatic carbocycles. The third kappa shape index (κ3) is 3.69. The Morgan fingerprint density at radius 3 is 2.57 bits per heavy atom. The summed E-state index contributed by atoms with van der Waals surface area (Å²) in [7, 11) is 0. The van der Waals surface area contributed by atoms with Gasteiger partial charge in [0.25, 0.3) is 0 Å². The summed E-state index contributed by atoms with van der Waals surface area (Å²) >= 11 is 0. The number of alkyl halides is 3. The second-order valence-electron chi connectivity index (χ2n) is 4.38. The molecular formula is C14H13F4N3. The highest BCUT2D eigenvalue weighted by Crippen LogP contribution is 2.33. The highest BCUT2D eigenvalue weighted by atomic mass is 19.4. The fourth-order valence-corrected chi connectivity index (χ4v) is 1.82. The Hall–Kier alpha value is -2.15. The molecule has 0 saturated carbocycles. The lowest BCUT2D eigenvalue weighted by Gasteiger charge is -2.13. The zero-order chi connectivity index (χ0) is 15.5. The van der Waals surface area contributed by atoms with Crippen molar-refractivity contribution < 1.29 is 17.6 Å². The van der Waals surface area contributed by atoms with E-state index in [1.807, 2.05) is 0 Å². The first-order chi connectivity index (χ1) is 9.91. The highest BCUT2D eigenvalue weighted by molar-refractivity contribution is 5.46. The van der Waals surface area contributed by atoms with E-state index in [9.17, 15) is 17.6 Å². The number of halogens is 4. The number of nitrogens with zero attached hydrogens (tertiary/aromatic N) is 1. The Bertz CT molecular complexity index is 626. The Labute approximate surface area is 118 Å². The molecule has 0 fully saturated rings. The molecule has 0 aliphatic rings. The molecule has 0 aliphatic heterocycles. The zero-order valence-corrected chi connectivity index (χ0v) is 10.9. The topological polar surface area (TPSA) is 50.9 Å². The molecule has 112 valence electrons. The fourth-order valence-electron chi connectivity index (χ4n) is 1.82. The lowest BCUT2D eigenvalue weighted by atomic mass is 10.1. The van der Waals surface area contributed by atoms with Gasteiger partial charge in [-0.2, -0.15) is 13.2 Å². The maximum Gasteiger partial charge on any atom is 0.419 e. The number of nitrogens with two attached hydrogens (primary N) is 1. The van der Waals surface area contributed by atoms with E-state index < -0.39 is 17.6 Å². The second-order valence-corrected chi connectivity index (χ2v) is 4.38. The largest absolute Gasteiger partial charge is 0.419 e. The van der Waals surface area contributed by atoms with E-state index in [0.717, 1.165) is 6.07 Å². The minimum absolute atomic E-state index is 0.100. The van der Waals surface area contributed by atoms with Crippen LogP contribution in [0.4, 0.5) is 23.4 Å². The Morgan fingerprint density at radius 2 is 1.95 bits per heavy atom. The molecule has 7 heteroatoms. The van der Waals surface area contributed by atoms with Gasteiger partial charge in [-0.15, -0.1) is 0 Å². The van der Waals surface area contributed by atoms with E-state index in [1.54, 1.807) is 6.07 Å². The van der Waals surface area contributed by atoms with Gasteiger partial charge in [-0.3, -0.25) is 0 Å². The number of hydrogen-bond acceptors (Lipinski definition) is 3. The fraction of sp³-hybridized carbons (Fsp3) is 0.214. The first-order valence-corrected chi connectivity index (χ1v) is 6.15. The van der Waals surface area contributed by atoms with Crippen LogP contribution in [0.2, 0.25) is 0 Å². The summed E-state index contributed by atoms with van der Waals surface area (Å²) in [6.07, 6.45) is -3.27. The van der Waals surface area contributed by atoms with Crippen LogP contribution in [0.1, 0.15) is 16.7 Å². The summed E-state index contributed by atoms with van der Waals surface area (Å²) in [5.74, 6) is -0.845. The van der Waals surface area contributed by atoms with Crippen LogP contribution in [0.25, 0.3) is 0 Å². The second kappa shape index (κ2) is 6.09. The molecule has 1 aromatic heterocycles. The van der Waals surface area contributed by atoms with Crippen molar-refractivity contribution in [2.45, 2.75) is 19.3 Å². The monoisotopic (exact) mass is 299 g/mol. The van der Waals surface area contributed by atoms with Gasteiger partial charge < -0.3 is 11.1 Å². The Morgan fingerprint density at radius 1 is 1.19 bits per heavy atom. The van der Waals surface area contributed by atoms with Crippen LogP contribution in [0.15, 0.2) is 36.5 Å². The van der Waals surface area contributed by atoms with Crippen LogP contribution in [0, 0.1) is 5.82 Å². The van der Waals surface area contributed by atoms with Crippen molar-refractivity contribution in [3.63, 3.8) is 0 Å². The minimum atomic E-state index is -4.52. The maximum atomic E-state index is 13.7. The predicted molar refractivity (Wildman–Crippen MR) is 70.9 cm³/mol. The summed E-state index contributed by atoms with van der Waals surface area (Å²) in [6, 6.07) is 6.50. The molecule has 2 aromatic rings. The molecule has 1 heterocycles. The van der Waals surface area contributed by atoms with Crippen LogP contribution in [0.5, 0.6) is 0 Å². The van der Waals surface area contributed by atoms with Crippen LogP contribution in [0.3, 0.4) is 0 Å². The molecule has 0 spiro atoms. The van der Waals surface area contributed by atoms with Crippen molar-refractivity contribution in [3.05, 3.63) is 59.0 Å². The number of benzene rings is 1. The lowest BCUT2D eigenvalue weighted by Crippen LogP contribution is -2.12. The van der Waals surface area contributed by atoms with E-state index in [1.165, 1.54) is 24.4 Å². The van der Waals surface area contributed by atoms with E-state index in [4.69, 9.17) is 5.73 Å². The van der Waals surface area contributed by atoms with Crippen molar-refractivity contribution in [2.24, 2.45) is 5.73 Å². The van der Waals surface area contributed by atoms with Crippen molar-refractivity contribution in [1.29, 1.82) is 0 Å². The van der Waals surface area contributed by atoms with Crippen LogP contribution in [-0.4, -0.2) is 4.98 Å².